The molecule has 5 aliphatic heterocycles. The van der Waals surface area contributed by atoms with Gasteiger partial charge in [0.2, 0.25) is 5.91 Å². The first kappa shape index (κ1) is 58.4. The molecule has 21 nitrogen and oxygen atoms in total. The van der Waals surface area contributed by atoms with Crippen LogP contribution in [0.5, 0.6) is 17.2 Å². The van der Waals surface area contributed by atoms with Crippen molar-refractivity contribution < 1.29 is 72.3 Å². The molecule has 5 heterocycles. The molecule has 4 aromatic carbocycles. The predicted octanol–water partition coefficient (Wildman–Crippen LogP) is 6.76. The number of hydrogen-bond donors (Lipinski definition) is 3. The molecule has 0 radical (unpaired) electrons. The van der Waals surface area contributed by atoms with Crippen LogP contribution in [0.3, 0.4) is 0 Å². The number of nitrogens with zero attached hydrogens (tertiary/aromatic N) is 5. The number of amides is 6. The van der Waals surface area contributed by atoms with Crippen LogP contribution in [0.2, 0.25) is 0 Å². The molecular formula is C62H64N6O15. The molecular weight excluding hydrogens is 1070 g/mol. The number of rotatable bonds is 21. The zero-order chi connectivity index (χ0) is 59.6. The van der Waals surface area contributed by atoms with Crippen molar-refractivity contribution in [3.8, 4) is 17.2 Å². The second kappa shape index (κ2) is 24.5. The number of anilines is 1. The zero-order valence-electron chi connectivity index (χ0n) is 46.7. The van der Waals surface area contributed by atoms with Gasteiger partial charge in [-0.15, -0.1) is 0 Å². The van der Waals surface area contributed by atoms with Crippen molar-refractivity contribution in [2.45, 2.75) is 104 Å². The number of carbonyl (C=O) groups is 9. The number of carboxylic acid groups (broad SMARTS) is 1. The van der Waals surface area contributed by atoms with Gasteiger partial charge in [0.15, 0.2) is 23.5 Å². The van der Waals surface area contributed by atoms with Crippen LogP contribution in [0.25, 0.3) is 0 Å². The summed E-state index contributed by atoms with van der Waals surface area (Å²) in [6.07, 6.45) is 1.98. The number of aliphatic hydroxyl groups is 1. The van der Waals surface area contributed by atoms with Gasteiger partial charge >= 0.3 is 12.1 Å². The van der Waals surface area contributed by atoms with E-state index < -0.39 is 59.9 Å². The summed E-state index contributed by atoms with van der Waals surface area (Å²) in [6.45, 7) is 14.8. The number of aliphatic hydroxyl groups excluding tert-OH is 1. The third-order valence-corrected chi connectivity index (χ3v) is 15.4. The fourth-order valence-electron chi connectivity index (χ4n) is 10.8. The van der Waals surface area contributed by atoms with E-state index in [1.807, 2.05) is 0 Å². The number of aryl methyl sites for hydroxylation is 1. The van der Waals surface area contributed by atoms with Gasteiger partial charge < -0.3 is 44.3 Å². The molecule has 0 bridgehead atoms. The normalized spacial score (nSPS) is 18.8. The SMILES string of the molecule is C=C1C[C@H]2C=Nc3cc(OCc4cc(COc5cc6c(cc5C)C(=O)N5CC(=C)C[C@H]5[C@H](O)N6C(=O)OCc5ccc(CC(=O)[C@H](C)NC(=O)[C@@H](CC(=O)CCN6C(=O)C=CC6=O)C(C)C)cc5)cc(C(=O)O)c4)c(OC)cc3C(=O)N2C1. The smallest absolute Gasteiger partial charge is 0.416 e. The highest BCUT2D eigenvalue weighted by atomic mass is 16.6. The molecule has 432 valence electrons. The average molecular weight is 1130 g/mol. The Balaban J connectivity index is 0.853. The zero-order valence-corrected chi connectivity index (χ0v) is 46.7. The highest BCUT2D eigenvalue weighted by molar-refractivity contribution is 6.13. The number of imide groups is 1. The highest BCUT2D eigenvalue weighted by Gasteiger charge is 2.46. The molecule has 0 aliphatic carbocycles. The first-order chi connectivity index (χ1) is 39.6. The Labute approximate surface area is 478 Å². The Hall–Kier alpha value is -9.24. The fourth-order valence-corrected chi connectivity index (χ4v) is 10.8. The van der Waals surface area contributed by atoms with Crippen molar-refractivity contribution in [3.63, 3.8) is 0 Å². The second-order valence-corrected chi connectivity index (χ2v) is 21.8. The largest absolute Gasteiger partial charge is 0.493 e. The third-order valence-electron chi connectivity index (χ3n) is 15.4. The van der Waals surface area contributed by atoms with Crippen molar-refractivity contribution in [3.05, 3.63) is 148 Å². The standard InChI is InChI=1S/C62H64N6O15/c1-33(2)45(23-44(69)14-15-65-55(71)12-13-56(65)72)57(73)64-37(6)51(70)22-38-8-10-39(11-9-38)30-83-62(79)68-49-26-52(36(5)18-47(49)59(75)67-29-35(4)17-50(67)60(68)76)81-31-40-19-41(21-42(20-40)61(77)78)32-82-54-25-48-46(24-53(54)80-7)58(74)66-28-34(3)16-43(66)27-63-48/h8-13,18-21,24-27,33,37,43,45,50,60,76H,3-4,14-17,22-23,28-32H2,1-2,5-7H3,(H,64,73)(H,77,78)/t37-,43-,45-,50-,60-/m0/s1. The molecule has 21 heteroatoms. The summed E-state index contributed by atoms with van der Waals surface area (Å²) in [7, 11) is 1.45. The quantitative estimate of drug-likeness (QED) is 0.0575. The molecule has 6 amide bonds. The number of hydrogen-bond acceptors (Lipinski definition) is 15. The molecule has 4 aromatic rings. The summed E-state index contributed by atoms with van der Waals surface area (Å²) in [5, 5.41) is 24.9. The summed E-state index contributed by atoms with van der Waals surface area (Å²) >= 11 is 0. The van der Waals surface area contributed by atoms with Gasteiger partial charge in [0.25, 0.3) is 23.6 Å². The van der Waals surface area contributed by atoms with Crippen LogP contribution < -0.4 is 24.4 Å². The molecule has 83 heavy (non-hydrogen) atoms. The van der Waals surface area contributed by atoms with Crippen LogP contribution in [0, 0.1) is 18.8 Å². The van der Waals surface area contributed by atoms with Crippen LogP contribution in [0.15, 0.2) is 108 Å². The molecule has 5 aliphatic rings. The van der Waals surface area contributed by atoms with Crippen molar-refractivity contribution in [1.82, 2.24) is 20.0 Å². The predicted molar refractivity (Wildman–Crippen MR) is 301 cm³/mol. The molecule has 3 N–H and O–H groups in total. The van der Waals surface area contributed by atoms with Gasteiger partial charge in [0.05, 0.1) is 53.3 Å². The average Bonchev–Trinajstić information content (AvgIpc) is 4.13. The van der Waals surface area contributed by atoms with E-state index in [1.54, 1.807) is 87.3 Å². The van der Waals surface area contributed by atoms with E-state index in [9.17, 15) is 53.4 Å². The molecule has 2 fully saturated rings. The molecule has 0 unspecified atom stereocenters. The van der Waals surface area contributed by atoms with Gasteiger partial charge in [-0.25, -0.2) is 14.5 Å². The fraction of sp³-hybridized carbons (Fsp3) is 0.355. The van der Waals surface area contributed by atoms with Gasteiger partial charge in [-0.2, -0.15) is 0 Å². The number of benzene rings is 4. The lowest BCUT2D eigenvalue weighted by molar-refractivity contribution is -0.137. The van der Waals surface area contributed by atoms with E-state index >= 15 is 0 Å². The monoisotopic (exact) mass is 1130 g/mol. The Morgan fingerprint density at radius 2 is 1.40 bits per heavy atom. The maximum Gasteiger partial charge on any atom is 0.416 e. The van der Waals surface area contributed by atoms with Crippen LogP contribution in [-0.2, 0) is 55.0 Å². The van der Waals surface area contributed by atoms with E-state index in [-0.39, 0.29) is 122 Å². The number of aromatic carboxylic acids is 1. The number of Topliss-reactive ketones (excluding diaryl/α,β-unsaturated/α-hetero) is 2. The molecule has 5 atom stereocenters. The van der Waals surface area contributed by atoms with Crippen molar-refractivity contribution in [2.75, 3.05) is 31.6 Å². The Morgan fingerprint density at radius 1 is 0.759 bits per heavy atom. The number of carbonyl (C=O) groups excluding carboxylic acids is 8. The molecule has 0 aromatic heterocycles. The molecule has 0 saturated carbocycles. The lowest BCUT2D eigenvalue weighted by Gasteiger charge is -2.31. The summed E-state index contributed by atoms with van der Waals surface area (Å²) in [5.41, 5.74) is 4.97. The van der Waals surface area contributed by atoms with Gasteiger partial charge in [-0.05, 0) is 90.8 Å². The number of ketones is 2. The van der Waals surface area contributed by atoms with E-state index in [4.69, 9.17) is 18.9 Å². The number of fused-ring (bicyclic) bond motifs is 4. The summed E-state index contributed by atoms with van der Waals surface area (Å²) < 4.78 is 24.0. The van der Waals surface area contributed by atoms with Gasteiger partial charge in [-0.3, -0.25) is 43.5 Å². The topological polar surface area (TPSA) is 268 Å². The minimum Gasteiger partial charge on any atom is -0.493 e. The lowest BCUT2D eigenvalue weighted by atomic mass is 9.88. The number of nitrogens with one attached hydrogen (secondary N) is 1. The van der Waals surface area contributed by atoms with Crippen molar-refractivity contribution in [2.24, 2.45) is 16.8 Å². The van der Waals surface area contributed by atoms with Crippen molar-refractivity contribution in [1.29, 1.82) is 0 Å². The maximum atomic E-state index is 14.3. The second-order valence-electron chi connectivity index (χ2n) is 21.8. The number of methoxy groups -OCH3 is 1. The van der Waals surface area contributed by atoms with Gasteiger partial charge in [0.1, 0.15) is 31.4 Å². The van der Waals surface area contributed by atoms with E-state index in [1.165, 1.54) is 30.2 Å². The molecule has 9 rings (SSSR count). The van der Waals surface area contributed by atoms with Gasteiger partial charge in [-0.1, -0.05) is 62.4 Å². The summed E-state index contributed by atoms with van der Waals surface area (Å²) in [4.78, 5) is 128. The molecule has 2 saturated heterocycles. The Morgan fingerprint density at radius 3 is 2.06 bits per heavy atom. The lowest BCUT2D eigenvalue weighted by Crippen LogP contribution is -2.50. The Kier molecular flexibility index (Phi) is 17.2. The number of ether oxygens (including phenoxy) is 4. The minimum atomic E-state index is -1.58. The van der Waals surface area contributed by atoms with Crippen LogP contribution in [0.1, 0.15) is 105 Å². The van der Waals surface area contributed by atoms with Crippen LogP contribution >= 0.6 is 0 Å². The first-order valence-corrected chi connectivity index (χ1v) is 27.1. The van der Waals surface area contributed by atoms with Gasteiger partial charge in [0, 0.05) is 75.3 Å². The summed E-state index contributed by atoms with van der Waals surface area (Å²) in [5.74, 6) is -4.16. The van der Waals surface area contributed by atoms with E-state index in [0.717, 1.165) is 27.5 Å². The summed E-state index contributed by atoms with van der Waals surface area (Å²) in [6, 6.07) is 15.5. The van der Waals surface area contributed by atoms with Crippen molar-refractivity contribution >= 4 is 70.8 Å². The van der Waals surface area contributed by atoms with E-state index in [2.05, 4.69) is 23.5 Å². The number of carboxylic acids is 1. The minimum absolute atomic E-state index is 0.0140. The Bertz CT molecular complexity index is 3420. The maximum absolute atomic E-state index is 14.3. The van der Waals surface area contributed by atoms with E-state index in [0.29, 0.717) is 57.6 Å². The van der Waals surface area contributed by atoms with Crippen LogP contribution in [0.4, 0.5) is 16.2 Å². The third kappa shape index (κ3) is 12.8. The number of aliphatic imine (C=N–C) groups is 1. The van der Waals surface area contributed by atoms with Crippen LogP contribution in [-0.4, -0.2) is 135 Å². The molecule has 0 spiro atoms. The highest BCUT2D eigenvalue weighted by Crippen LogP contribution is 2.41. The first-order valence-electron chi connectivity index (χ1n) is 27.1.